The quantitative estimate of drug-likeness (QED) is 0.698. The molecule has 18 heavy (non-hydrogen) atoms. The van der Waals surface area contributed by atoms with Crippen molar-refractivity contribution in [3.63, 3.8) is 0 Å². The lowest BCUT2D eigenvalue weighted by Gasteiger charge is -2.17. The highest BCUT2D eigenvalue weighted by Crippen LogP contribution is 2.08. The minimum atomic E-state index is 0.139. The van der Waals surface area contributed by atoms with E-state index in [4.69, 9.17) is 0 Å². The summed E-state index contributed by atoms with van der Waals surface area (Å²) in [6.07, 6.45) is 2.74. The first-order valence-corrected chi connectivity index (χ1v) is 7.65. The van der Waals surface area contributed by atoms with Crippen LogP contribution in [0.2, 0.25) is 0 Å². The largest absolute Gasteiger partial charge is 0.356 e. The van der Waals surface area contributed by atoms with Gasteiger partial charge < -0.3 is 10.2 Å². The highest BCUT2D eigenvalue weighted by atomic mass is 32.1. The third-order valence-corrected chi connectivity index (χ3v) is 3.91. The van der Waals surface area contributed by atoms with E-state index in [0.717, 1.165) is 43.9 Å². The molecule has 0 aromatic carbocycles. The zero-order chi connectivity index (χ0) is 13.2. The molecule has 0 aliphatic heterocycles. The molecule has 0 fully saturated rings. The van der Waals surface area contributed by atoms with Gasteiger partial charge in [-0.2, -0.15) is 0 Å². The summed E-state index contributed by atoms with van der Waals surface area (Å²) in [7, 11) is 0. The van der Waals surface area contributed by atoms with Crippen molar-refractivity contribution in [2.45, 2.75) is 33.1 Å². The topological polar surface area (TPSA) is 32.3 Å². The summed E-state index contributed by atoms with van der Waals surface area (Å²) in [5, 5.41) is 4.99. The minimum absolute atomic E-state index is 0.139. The number of hydrogen-bond acceptors (Lipinski definition) is 3. The van der Waals surface area contributed by atoms with E-state index in [0.29, 0.717) is 6.42 Å². The van der Waals surface area contributed by atoms with Crippen LogP contribution >= 0.6 is 11.3 Å². The predicted octanol–water partition coefficient (Wildman–Crippen LogP) is 2.53. The average molecular weight is 268 g/mol. The van der Waals surface area contributed by atoms with Crippen molar-refractivity contribution in [3.8, 4) is 0 Å². The maximum Gasteiger partial charge on any atom is 0.225 e. The van der Waals surface area contributed by atoms with E-state index in [1.54, 1.807) is 11.3 Å². The Hall–Kier alpha value is -0.870. The third kappa shape index (κ3) is 6.17. The molecule has 1 amide bonds. The van der Waals surface area contributed by atoms with Crippen LogP contribution in [0.3, 0.4) is 0 Å². The van der Waals surface area contributed by atoms with Crippen molar-refractivity contribution < 1.29 is 4.79 Å². The van der Waals surface area contributed by atoms with Crippen LogP contribution in [0.4, 0.5) is 0 Å². The van der Waals surface area contributed by atoms with Crippen molar-refractivity contribution in [1.82, 2.24) is 10.2 Å². The Labute approximate surface area is 114 Å². The molecule has 1 aromatic rings. The van der Waals surface area contributed by atoms with Gasteiger partial charge in [-0.3, -0.25) is 4.79 Å². The molecule has 1 rings (SSSR count). The standard InChI is InChI=1S/C14H24N2OS/c1-3-16(4-2)10-6-5-9-15-14(17)12-13-8-7-11-18-13/h7-8,11H,3-6,9-10,12H2,1-2H3,(H,15,17). The number of unbranched alkanes of at least 4 members (excludes halogenated alkanes) is 1. The molecule has 4 heteroatoms. The smallest absolute Gasteiger partial charge is 0.225 e. The molecule has 0 spiro atoms. The second-order valence-corrected chi connectivity index (χ2v) is 5.37. The molecule has 0 saturated heterocycles. The van der Waals surface area contributed by atoms with Crippen molar-refractivity contribution in [3.05, 3.63) is 22.4 Å². The van der Waals surface area contributed by atoms with Crippen LogP contribution < -0.4 is 5.32 Å². The van der Waals surface area contributed by atoms with Gasteiger partial charge in [0.2, 0.25) is 5.91 Å². The van der Waals surface area contributed by atoms with Gasteiger partial charge >= 0.3 is 0 Å². The van der Waals surface area contributed by atoms with Crippen molar-refractivity contribution >= 4 is 17.2 Å². The number of rotatable bonds is 9. The molecule has 1 N–H and O–H groups in total. The Balaban J connectivity index is 2.02. The maximum atomic E-state index is 11.6. The van der Waals surface area contributed by atoms with Crippen LogP contribution in [0.25, 0.3) is 0 Å². The van der Waals surface area contributed by atoms with E-state index in [1.165, 1.54) is 0 Å². The summed E-state index contributed by atoms with van der Waals surface area (Å²) in [4.78, 5) is 15.1. The molecule has 1 heterocycles. The Kier molecular flexibility index (Phi) is 7.69. The van der Waals surface area contributed by atoms with E-state index in [1.807, 2.05) is 17.5 Å². The van der Waals surface area contributed by atoms with Crippen LogP contribution in [0.5, 0.6) is 0 Å². The molecule has 1 aromatic heterocycles. The molecule has 0 unspecified atom stereocenters. The fraction of sp³-hybridized carbons (Fsp3) is 0.643. The van der Waals surface area contributed by atoms with Gasteiger partial charge in [-0.25, -0.2) is 0 Å². The molecular formula is C14H24N2OS. The Morgan fingerprint density at radius 2 is 2.11 bits per heavy atom. The zero-order valence-electron chi connectivity index (χ0n) is 11.4. The molecule has 0 saturated carbocycles. The van der Waals surface area contributed by atoms with Crippen molar-refractivity contribution in [2.24, 2.45) is 0 Å². The summed E-state index contributed by atoms with van der Waals surface area (Å²) in [6.45, 7) is 8.53. The second-order valence-electron chi connectivity index (χ2n) is 4.34. The number of thiophene rings is 1. The number of hydrogen-bond donors (Lipinski definition) is 1. The lowest BCUT2D eigenvalue weighted by atomic mass is 10.2. The van der Waals surface area contributed by atoms with E-state index in [2.05, 4.69) is 24.1 Å². The van der Waals surface area contributed by atoms with Gasteiger partial charge in [0.25, 0.3) is 0 Å². The predicted molar refractivity (Wildman–Crippen MR) is 78.1 cm³/mol. The first kappa shape index (κ1) is 15.2. The molecule has 0 aliphatic carbocycles. The van der Waals surface area contributed by atoms with Gasteiger partial charge in [0.1, 0.15) is 0 Å². The third-order valence-electron chi connectivity index (χ3n) is 3.03. The number of amides is 1. The molecule has 0 atom stereocenters. The van der Waals surface area contributed by atoms with Crippen LogP contribution in [-0.2, 0) is 11.2 Å². The molecule has 0 radical (unpaired) electrons. The van der Waals surface area contributed by atoms with E-state index in [9.17, 15) is 4.79 Å². The summed E-state index contributed by atoms with van der Waals surface area (Å²) in [5.41, 5.74) is 0. The SMILES string of the molecule is CCN(CC)CCCCNC(=O)Cc1cccs1. The Morgan fingerprint density at radius 1 is 1.33 bits per heavy atom. The highest BCUT2D eigenvalue weighted by molar-refractivity contribution is 7.10. The van der Waals surface area contributed by atoms with Crippen LogP contribution in [0, 0.1) is 0 Å². The Bertz CT molecular complexity index is 321. The van der Waals surface area contributed by atoms with Gasteiger partial charge in [-0.1, -0.05) is 19.9 Å². The maximum absolute atomic E-state index is 11.6. The zero-order valence-corrected chi connectivity index (χ0v) is 12.3. The number of carbonyl (C=O) groups excluding carboxylic acids is 1. The molecular weight excluding hydrogens is 244 g/mol. The van der Waals surface area contributed by atoms with Crippen LogP contribution in [0.1, 0.15) is 31.6 Å². The van der Waals surface area contributed by atoms with E-state index in [-0.39, 0.29) is 5.91 Å². The molecule has 102 valence electrons. The lowest BCUT2D eigenvalue weighted by molar-refractivity contribution is -0.120. The van der Waals surface area contributed by atoms with Gasteiger partial charge in [-0.15, -0.1) is 11.3 Å². The molecule has 3 nitrogen and oxygen atoms in total. The van der Waals surface area contributed by atoms with E-state index < -0.39 is 0 Å². The normalized spacial score (nSPS) is 10.8. The number of carbonyl (C=O) groups is 1. The fourth-order valence-corrected chi connectivity index (χ4v) is 2.57. The molecule has 0 aliphatic rings. The van der Waals surface area contributed by atoms with Gasteiger partial charge in [0.15, 0.2) is 0 Å². The van der Waals surface area contributed by atoms with Gasteiger partial charge in [-0.05, 0) is 43.9 Å². The fourth-order valence-electron chi connectivity index (χ4n) is 1.86. The van der Waals surface area contributed by atoms with Crippen molar-refractivity contribution in [1.29, 1.82) is 0 Å². The van der Waals surface area contributed by atoms with Crippen LogP contribution in [-0.4, -0.2) is 37.0 Å². The first-order valence-electron chi connectivity index (χ1n) is 6.77. The minimum Gasteiger partial charge on any atom is -0.356 e. The number of nitrogens with zero attached hydrogens (tertiary/aromatic N) is 1. The second kappa shape index (κ2) is 9.11. The summed E-state index contributed by atoms with van der Waals surface area (Å²) in [5.74, 6) is 0.139. The van der Waals surface area contributed by atoms with Gasteiger partial charge in [0, 0.05) is 11.4 Å². The highest BCUT2D eigenvalue weighted by Gasteiger charge is 2.03. The van der Waals surface area contributed by atoms with E-state index >= 15 is 0 Å². The summed E-state index contributed by atoms with van der Waals surface area (Å²) in [6, 6.07) is 3.99. The van der Waals surface area contributed by atoms with Crippen molar-refractivity contribution in [2.75, 3.05) is 26.2 Å². The summed E-state index contributed by atoms with van der Waals surface area (Å²) >= 11 is 1.64. The van der Waals surface area contributed by atoms with Crippen LogP contribution in [0.15, 0.2) is 17.5 Å². The summed E-state index contributed by atoms with van der Waals surface area (Å²) < 4.78 is 0. The lowest BCUT2D eigenvalue weighted by Crippen LogP contribution is -2.28. The average Bonchev–Trinajstić information content (AvgIpc) is 2.86. The monoisotopic (exact) mass is 268 g/mol. The Morgan fingerprint density at radius 3 is 2.72 bits per heavy atom. The first-order chi connectivity index (χ1) is 8.76. The number of nitrogens with one attached hydrogen (secondary N) is 1. The molecule has 0 bridgehead atoms. The van der Waals surface area contributed by atoms with Gasteiger partial charge in [0.05, 0.1) is 6.42 Å².